The van der Waals surface area contributed by atoms with E-state index in [0.717, 1.165) is 36.1 Å². The first kappa shape index (κ1) is 13.9. The molecule has 0 unspecified atom stereocenters. The minimum absolute atomic E-state index is 0.629. The molecule has 0 atom stereocenters. The van der Waals surface area contributed by atoms with Crippen molar-refractivity contribution >= 4 is 0 Å². The largest absolute Gasteiger partial charge is 0.316 e. The van der Waals surface area contributed by atoms with Gasteiger partial charge in [-0.2, -0.15) is 0 Å². The van der Waals surface area contributed by atoms with E-state index in [9.17, 15) is 0 Å². The fourth-order valence-corrected chi connectivity index (χ4v) is 5.24. The van der Waals surface area contributed by atoms with Crippen molar-refractivity contribution in [2.45, 2.75) is 58.4 Å². The van der Waals surface area contributed by atoms with Gasteiger partial charge >= 0.3 is 0 Å². The van der Waals surface area contributed by atoms with E-state index >= 15 is 0 Å². The second-order valence-electron chi connectivity index (χ2n) is 7.76. The average Bonchev–Trinajstić information content (AvgIpc) is 2.35. The Morgan fingerprint density at radius 2 is 1.53 bits per heavy atom. The van der Waals surface area contributed by atoms with Gasteiger partial charge in [0.2, 0.25) is 0 Å². The summed E-state index contributed by atoms with van der Waals surface area (Å²) in [5, 5.41) is 7.24. The SMILES string of the molecule is CC(C)NCCCNCC1C2CC3CC(C2)CC1C3. The minimum Gasteiger partial charge on any atom is -0.316 e. The molecule has 0 amide bonds. The van der Waals surface area contributed by atoms with E-state index in [1.54, 1.807) is 32.1 Å². The average molecular weight is 264 g/mol. The van der Waals surface area contributed by atoms with Gasteiger partial charge in [-0.15, -0.1) is 0 Å². The van der Waals surface area contributed by atoms with Gasteiger partial charge in [0.15, 0.2) is 0 Å². The van der Waals surface area contributed by atoms with E-state index in [1.807, 2.05) is 0 Å². The van der Waals surface area contributed by atoms with Crippen molar-refractivity contribution in [3.63, 3.8) is 0 Å². The maximum atomic E-state index is 3.75. The maximum Gasteiger partial charge on any atom is 0.00103 e. The van der Waals surface area contributed by atoms with Gasteiger partial charge in [-0.05, 0) is 87.7 Å². The lowest BCUT2D eigenvalue weighted by Crippen LogP contribution is -2.48. The van der Waals surface area contributed by atoms with Crippen LogP contribution in [0, 0.1) is 29.6 Å². The molecule has 0 heterocycles. The van der Waals surface area contributed by atoms with Gasteiger partial charge in [-0.3, -0.25) is 0 Å². The van der Waals surface area contributed by atoms with Crippen molar-refractivity contribution in [2.75, 3.05) is 19.6 Å². The molecule has 4 aliphatic carbocycles. The van der Waals surface area contributed by atoms with Gasteiger partial charge in [0.05, 0.1) is 0 Å². The van der Waals surface area contributed by atoms with Crippen LogP contribution in [0.1, 0.15) is 52.4 Å². The molecule has 0 aromatic carbocycles. The Kier molecular flexibility index (Phi) is 4.48. The highest BCUT2D eigenvalue weighted by molar-refractivity contribution is 4.98. The van der Waals surface area contributed by atoms with Crippen LogP contribution in [0.4, 0.5) is 0 Å². The zero-order chi connectivity index (χ0) is 13.2. The Morgan fingerprint density at radius 1 is 0.895 bits per heavy atom. The number of hydrogen-bond donors (Lipinski definition) is 2. The van der Waals surface area contributed by atoms with E-state index in [1.165, 1.54) is 19.5 Å². The van der Waals surface area contributed by atoms with E-state index in [0.29, 0.717) is 6.04 Å². The summed E-state index contributed by atoms with van der Waals surface area (Å²) in [6.07, 6.45) is 9.10. The lowest BCUT2D eigenvalue weighted by atomic mass is 9.52. The minimum atomic E-state index is 0.629. The van der Waals surface area contributed by atoms with Crippen LogP contribution in [0.25, 0.3) is 0 Å². The predicted octanol–water partition coefficient (Wildman–Crippen LogP) is 3.04. The molecule has 4 fully saturated rings. The molecule has 4 rings (SSSR count). The van der Waals surface area contributed by atoms with Crippen molar-refractivity contribution in [3.05, 3.63) is 0 Å². The van der Waals surface area contributed by atoms with Gasteiger partial charge in [0.1, 0.15) is 0 Å². The quantitative estimate of drug-likeness (QED) is 0.691. The summed E-state index contributed by atoms with van der Waals surface area (Å²) in [6.45, 7) is 8.11. The zero-order valence-electron chi connectivity index (χ0n) is 12.8. The molecule has 0 radical (unpaired) electrons. The molecule has 0 saturated heterocycles. The Bertz CT molecular complexity index is 259. The lowest BCUT2D eigenvalue weighted by molar-refractivity contribution is -0.0353. The molecule has 0 spiro atoms. The third-order valence-electron chi connectivity index (χ3n) is 5.88. The number of rotatable bonds is 7. The van der Waals surface area contributed by atoms with Crippen molar-refractivity contribution in [1.82, 2.24) is 10.6 Å². The molecular weight excluding hydrogens is 232 g/mol. The van der Waals surface area contributed by atoms with E-state index in [-0.39, 0.29) is 0 Å². The molecule has 0 aliphatic heterocycles. The first-order chi connectivity index (χ1) is 9.22. The van der Waals surface area contributed by atoms with Gasteiger partial charge in [0.25, 0.3) is 0 Å². The summed E-state index contributed by atoms with van der Waals surface area (Å²) in [6, 6.07) is 0.629. The third kappa shape index (κ3) is 3.33. The molecule has 0 aromatic rings. The van der Waals surface area contributed by atoms with Crippen molar-refractivity contribution in [2.24, 2.45) is 29.6 Å². The van der Waals surface area contributed by atoms with E-state index in [4.69, 9.17) is 0 Å². The fourth-order valence-electron chi connectivity index (χ4n) is 5.24. The molecular formula is C17H32N2. The van der Waals surface area contributed by atoms with Gasteiger partial charge in [-0.1, -0.05) is 13.8 Å². The van der Waals surface area contributed by atoms with Gasteiger partial charge in [0, 0.05) is 6.04 Å². The number of nitrogens with one attached hydrogen (secondary N) is 2. The zero-order valence-corrected chi connectivity index (χ0v) is 12.8. The van der Waals surface area contributed by atoms with Crippen molar-refractivity contribution in [3.8, 4) is 0 Å². The summed E-state index contributed by atoms with van der Waals surface area (Å²) in [7, 11) is 0. The van der Waals surface area contributed by atoms with Crippen LogP contribution >= 0.6 is 0 Å². The van der Waals surface area contributed by atoms with Crippen molar-refractivity contribution < 1.29 is 0 Å². The summed E-state index contributed by atoms with van der Waals surface area (Å²) < 4.78 is 0. The van der Waals surface area contributed by atoms with Crippen LogP contribution in [0.5, 0.6) is 0 Å². The molecule has 19 heavy (non-hydrogen) atoms. The normalized spacial score (nSPS) is 40.3. The van der Waals surface area contributed by atoms with Crippen LogP contribution in [0.3, 0.4) is 0 Å². The first-order valence-corrected chi connectivity index (χ1v) is 8.66. The molecule has 2 nitrogen and oxygen atoms in total. The molecule has 4 saturated carbocycles. The summed E-state index contributed by atoms with van der Waals surface area (Å²) in [5.41, 5.74) is 0. The van der Waals surface area contributed by atoms with E-state index < -0.39 is 0 Å². The third-order valence-corrected chi connectivity index (χ3v) is 5.88. The fraction of sp³-hybridized carbons (Fsp3) is 1.00. The monoisotopic (exact) mass is 264 g/mol. The molecule has 2 N–H and O–H groups in total. The Morgan fingerprint density at radius 3 is 2.11 bits per heavy atom. The Hall–Kier alpha value is -0.0800. The number of hydrogen-bond acceptors (Lipinski definition) is 2. The van der Waals surface area contributed by atoms with Crippen LogP contribution in [0.15, 0.2) is 0 Å². The summed E-state index contributed by atoms with van der Waals surface area (Å²) in [5.74, 6) is 5.42. The summed E-state index contributed by atoms with van der Waals surface area (Å²) >= 11 is 0. The highest BCUT2D eigenvalue weighted by atomic mass is 14.9. The van der Waals surface area contributed by atoms with Crippen LogP contribution in [-0.4, -0.2) is 25.7 Å². The highest BCUT2D eigenvalue weighted by Gasteiger charge is 2.47. The standard InChI is InChI=1S/C17H32N2/c1-12(2)19-5-3-4-18-11-17-15-7-13-6-14(9-15)10-16(17)8-13/h12-19H,3-11H2,1-2H3. The van der Waals surface area contributed by atoms with Crippen LogP contribution < -0.4 is 10.6 Å². The smallest absolute Gasteiger partial charge is 0.00103 e. The molecule has 4 aliphatic rings. The summed E-state index contributed by atoms with van der Waals surface area (Å²) in [4.78, 5) is 0. The first-order valence-electron chi connectivity index (χ1n) is 8.66. The Balaban J connectivity index is 1.35. The van der Waals surface area contributed by atoms with Crippen molar-refractivity contribution in [1.29, 1.82) is 0 Å². The van der Waals surface area contributed by atoms with Crippen LogP contribution in [-0.2, 0) is 0 Å². The predicted molar refractivity (Wildman–Crippen MR) is 81.2 cm³/mol. The second kappa shape index (κ2) is 6.13. The Labute approximate surface area is 119 Å². The topological polar surface area (TPSA) is 24.1 Å². The highest BCUT2D eigenvalue weighted by Crippen LogP contribution is 2.56. The second-order valence-corrected chi connectivity index (χ2v) is 7.76. The van der Waals surface area contributed by atoms with Crippen LogP contribution in [0.2, 0.25) is 0 Å². The molecule has 4 bridgehead atoms. The maximum absolute atomic E-state index is 3.75. The molecule has 0 aromatic heterocycles. The van der Waals surface area contributed by atoms with Gasteiger partial charge < -0.3 is 10.6 Å². The lowest BCUT2D eigenvalue weighted by Gasteiger charge is -2.54. The molecule has 2 heteroatoms. The van der Waals surface area contributed by atoms with Gasteiger partial charge in [-0.25, -0.2) is 0 Å². The van der Waals surface area contributed by atoms with E-state index in [2.05, 4.69) is 24.5 Å². The molecule has 110 valence electrons.